The summed E-state index contributed by atoms with van der Waals surface area (Å²) in [6.45, 7) is 0. The van der Waals surface area contributed by atoms with Gasteiger partial charge in [0.15, 0.2) is 0 Å². The molecule has 0 saturated carbocycles. The van der Waals surface area contributed by atoms with Crippen LogP contribution in [0.25, 0.3) is 84.5 Å². The average molecular weight is 736 g/mol. The van der Waals surface area contributed by atoms with Crippen molar-refractivity contribution in [3.8, 4) is 33.4 Å². The lowest BCUT2D eigenvalue weighted by Crippen LogP contribution is -2.10. The van der Waals surface area contributed by atoms with Gasteiger partial charge in [0, 0.05) is 57.4 Å². The Balaban J connectivity index is 1.03. The molecule has 0 spiro atoms. The van der Waals surface area contributed by atoms with E-state index in [1.54, 1.807) is 0 Å². The van der Waals surface area contributed by atoms with Crippen molar-refractivity contribution in [3.63, 3.8) is 0 Å². The molecule has 0 unspecified atom stereocenters. The van der Waals surface area contributed by atoms with Gasteiger partial charge in [-0.1, -0.05) is 140 Å². The normalized spacial score (nSPS) is 11.6. The standard InChI is InChI=1S/C52H33NS2/c1-2-11-34(12-3-1)35-23-27-39(28-24-35)53(41-15-8-13-37(31-41)43-19-10-20-46-44-16-4-7-22-50(44)55-52(43)46)40-29-25-36(26-30-40)42-18-9-14-38-32-51-48(33-47(38)42)45-17-5-6-21-49(45)54-51/h1-33H. The summed E-state index contributed by atoms with van der Waals surface area (Å²) >= 11 is 3.75. The van der Waals surface area contributed by atoms with Crippen LogP contribution in [0.3, 0.4) is 0 Å². The van der Waals surface area contributed by atoms with Gasteiger partial charge >= 0.3 is 0 Å². The predicted octanol–water partition coefficient (Wildman–Crippen LogP) is 16.0. The SMILES string of the molecule is c1ccc(-c2ccc(N(c3ccc(-c4cccc5cc6sc7ccccc7c6cc45)cc3)c3cccc(-c4cccc5c4sc4ccccc45)c3)cc2)cc1. The van der Waals surface area contributed by atoms with Crippen LogP contribution in [0.1, 0.15) is 0 Å². The lowest BCUT2D eigenvalue weighted by Gasteiger charge is -2.26. The van der Waals surface area contributed by atoms with Gasteiger partial charge < -0.3 is 4.90 Å². The van der Waals surface area contributed by atoms with E-state index < -0.39 is 0 Å². The molecular formula is C52H33NS2. The Bertz CT molecular complexity index is 3190. The molecule has 0 aliphatic carbocycles. The highest BCUT2D eigenvalue weighted by Crippen LogP contribution is 2.44. The molecule has 0 aliphatic heterocycles. The molecule has 0 atom stereocenters. The number of hydrogen-bond acceptors (Lipinski definition) is 3. The summed E-state index contributed by atoms with van der Waals surface area (Å²) in [5.41, 5.74) is 10.7. The van der Waals surface area contributed by atoms with Crippen molar-refractivity contribution in [2.75, 3.05) is 4.90 Å². The maximum atomic E-state index is 2.40. The molecule has 11 rings (SSSR count). The van der Waals surface area contributed by atoms with Crippen molar-refractivity contribution in [1.82, 2.24) is 0 Å². The molecule has 258 valence electrons. The highest BCUT2D eigenvalue weighted by Gasteiger charge is 2.17. The first-order valence-corrected chi connectivity index (χ1v) is 20.3. The summed E-state index contributed by atoms with van der Waals surface area (Å²) in [7, 11) is 0. The molecule has 11 aromatic rings. The molecule has 55 heavy (non-hydrogen) atoms. The summed E-state index contributed by atoms with van der Waals surface area (Å²) in [5.74, 6) is 0. The highest BCUT2D eigenvalue weighted by atomic mass is 32.1. The Morgan fingerprint density at radius 3 is 1.65 bits per heavy atom. The van der Waals surface area contributed by atoms with Gasteiger partial charge in [-0.05, 0) is 105 Å². The fourth-order valence-electron chi connectivity index (χ4n) is 8.21. The molecule has 0 radical (unpaired) electrons. The van der Waals surface area contributed by atoms with E-state index in [0.717, 1.165) is 17.1 Å². The average Bonchev–Trinajstić information content (AvgIpc) is 3.82. The third-order valence-electron chi connectivity index (χ3n) is 10.9. The van der Waals surface area contributed by atoms with Crippen LogP contribution >= 0.6 is 22.7 Å². The van der Waals surface area contributed by atoms with Crippen molar-refractivity contribution in [1.29, 1.82) is 0 Å². The predicted molar refractivity (Wildman–Crippen MR) is 241 cm³/mol. The number of hydrogen-bond donors (Lipinski definition) is 0. The van der Waals surface area contributed by atoms with Gasteiger partial charge in [0.05, 0.1) is 0 Å². The first-order chi connectivity index (χ1) is 27.2. The van der Waals surface area contributed by atoms with E-state index in [1.807, 2.05) is 22.7 Å². The maximum Gasteiger partial charge on any atom is 0.0467 e. The van der Waals surface area contributed by atoms with E-state index in [4.69, 9.17) is 0 Å². The van der Waals surface area contributed by atoms with Gasteiger partial charge in [0.25, 0.3) is 0 Å². The third-order valence-corrected chi connectivity index (χ3v) is 13.2. The quantitative estimate of drug-likeness (QED) is 0.164. The minimum absolute atomic E-state index is 1.11. The summed E-state index contributed by atoms with van der Waals surface area (Å²) in [5, 5.41) is 7.84. The van der Waals surface area contributed by atoms with Gasteiger partial charge in [0.2, 0.25) is 0 Å². The van der Waals surface area contributed by atoms with E-state index in [2.05, 4.69) is 205 Å². The molecule has 0 amide bonds. The first kappa shape index (κ1) is 32.0. The van der Waals surface area contributed by atoms with E-state index in [-0.39, 0.29) is 0 Å². The first-order valence-electron chi connectivity index (χ1n) is 18.7. The number of benzene rings is 9. The van der Waals surface area contributed by atoms with Crippen LogP contribution in [-0.4, -0.2) is 0 Å². The Morgan fingerprint density at radius 1 is 0.291 bits per heavy atom. The molecule has 0 N–H and O–H groups in total. The number of thiophene rings is 2. The van der Waals surface area contributed by atoms with Gasteiger partial charge in [-0.2, -0.15) is 0 Å². The molecule has 0 saturated heterocycles. The maximum absolute atomic E-state index is 2.40. The summed E-state index contributed by atoms with van der Waals surface area (Å²) in [6.07, 6.45) is 0. The molecule has 9 aromatic carbocycles. The zero-order valence-electron chi connectivity index (χ0n) is 29.8. The minimum Gasteiger partial charge on any atom is -0.310 e. The van der Waals surface area contributed by atoms with Gasteiger partial charge in [-0.3, -0.25) is 0 Å². The number of nitrogens with zero attached hydrogens (tertiary/aromatic N) is 1. The van der Waals surface area contributed by atoms with Crippen LogP contribution in [0.4, 0.5) is 17.1 Å². The van der Waals surface area contributed by atoms with Crippen LogP contribution in [0.5, 0.6) is 0 Å². The Kier molecular flexibility index (Phi) is 7.61. The zero-order chi connectivity index (χ0) is 36.3. The fraction of sp³-hybridized carbons (Fsp3) is 0. The lowest BCUT2D eigenvalue weighted by atomic mass is 9.96. The summed E-state index contributed by atoms with van der Waals surface area (Å²) in [4.78, 5) is 2.39. The monoisotopic (exact) mass is 735 g/mol. The Hall–Kier alpha value is -6.52. The number of fused-ring (bicyclic) bond motifs is 7. The van der Waals surface area contributed by atoms with Crippen LogP contribution in [-0.2, 0) is 0 Å². The molecule has 0 aliphatic rings. The molecule has 1 nitrogen and oxygen atoms in total. The van der Waals surface area contributed by atoms with Crippen LogP contribution in [0.2, 0.25) is 0 Å². The smallest absolute Gasteiger partial charge is 0.0467 e. The molecule has 2 heterocycles. The van der Waals surface area contributed by atoms with Gasteiger partial charge in [-0.15, -0.1) is 22.7 Å². The highest BCUT2D eigenvalue weighted by molar-refractivity contribution is 7.26. The molecule has 0 fully saturated rings. The second kappa shape index (κ2) is 13.1. The summed E-state index contributed by atoms with van der Waals surface area (Å²) < 4.78 is 5.31. The van der Waals surface area contributed by atoms with E-state index in [1.165, 1.54) is 84.5 Å². The molecule has 2 aromatic heterocycles. The topological polar surface area (TPSA) is 3.24 Å². The van der Waals surface area contributed by atoms with Crippen molar-refractivity contribution in [3.05, 3.63) is 200 Å². The second-order valence-electron chi connectivity index (χ2n) is 14.1. The largest absolute Gasteiger partial charge is 0.310 e. The number of rotatable bonds is 6. The van der Waals surface area contributed by atoms with E-state index in [0.29, 0.717) is 0 Å². The Labute approximate surface area is 327 Å². The van der Waals surface area contributed by atoms with Gasteiger partial charge in [0.1, 0.15) is 0 Å². The van der Waals surface area contributed by atoms with Gasteiger partial charge in [-0.25, -0.2) is 0 Å². The van der Waals surface area contributed by atoms with Crippen LogP contribution in [0, 0.1) is 0 Å². The minimum atomic E-state index is 1.11. The summed E-state index contributed by atoms with van der Waals surface area (Å²) in [6, 6.07) is 73.4. The van der Waals surface area contributed by atoms with E-state index >= 15 is 0 Å². The van der Waals surface area contributed by atoms with Crippen molar-refractivity contribution < 1.29 is 0 Å². The van der Waals surface area contributed by atoms with E-state index in [9.17, 15) is 0 Å². The fourth-order valence-corrected chi connectivity index (χ4v) is 10.6. The second-order valence-corrected chi connectivity index (χ2v) is 16.2. The van der Waals surface area contributed by atoms with Crippen LogP contribution in [0.15, 0.2) is 200 Å². The van der Waals surface area contributed by atoms with Crippen molar-refractivity contribution in [2.24, 2.45) is 0 Å². The molecule has 0 bridgehead atoms. The van der Waals surface area contributed by atoms with Crippen molar-refractivity contribution in [2.45, 2.75) is 0 Å². The van der Waals surface area contributed by atoms with Crippen molar-refractivity contribution >= 4 is 90.9 Å². The molecular weight excluding hydrogens is 703 g/mol. The number of anilines is 3. The van der Waals surface area contributed by atoms with Crippen LogP contribution < -0.4 is 4.90 Å². The zero-order valence-corrected chi connectivity index (χ0v) is 31.4. The molecule has 3 heteroatoms. The lowest BCUT2D eigenvalue weighted by molar-refractivity contribution is 1.28. The third kappa shape index (κ3) is 5.51. The Morgan fingerprint density at radius 2 is 0.873 bits per heavy atom.